The van der Waals surface area contributed by atoms with E-state index in [1.54, 1.807) is 6.08 Å². The van der Waals surface area contributed by atoms with Crippen LogP contribution in [0.15, 0.2) is 36.4 Å². The molecule has 0 saturated carbocycles. The summed E-state index contributed by atoms with van der Waals surface area (Å²) in [6, 6.07) is 9.63. The van der Waals surface area contributed by atoms with Crippen molar-refractivity contribution in [1.29, 1.82) is 0 Å². The SMILES string of the molecule is CC(=O)C(=O)OC/C=C/c1ccccc1. The van der Waals surface area contributed by atoms with Gasteiger partial charge in [-0.25, -0.2) is 4.79 Å². The molecule has 0 aliphatic rings. The van der Waals surface area contributed by atoms with Gasteiger partial charge < -0.3 is 4.74 Å². The van der Waals surface area contributed by atoms with Crippen molar-refractivity contribution in [2.75, 3.05) is 6.61 Å². The van der Waals surface area contributed by atoms with Crippen molar-refractivity contribution in [1.82, 2.24) is 0 Å². The first-order valence-electron chi connectivity index (χ1n) is 4.59. The molecule has 0 spiro atoms. The second-order valence-electron chi connectivity index (χ2n) is 2.97. The highest BCUT2D eigenvalue weighted by atomic mass is 16.5. The number of Topliss-reactive ketones (excluding diaryl/α,β-unsaturated/α-hetero) is 1. The Kier molecular flexibility index (Phi) is 4.29. The zero-order valence-corrected chi connectivity index (χ0v) is 8.47. The summed E-state index contributed by atoms with van der Waals surface area (Å²) >= 11 is 0. The average Bonchev–Trinajstić information content (AvgIpc) is 2.25. The molecule has 0 atom stereocenters. The van der Waals surface area contributed by atoms with Gasteiger partial charge in [0.25, 0.3) is 0 Å². The molecule has 3 heteroatoms. The minimum atomic E-state index is -0.798. The van der Waals surface area contributed by atoms with Gasteiger partial charge in [-0.05, 0) is 11.6 Å². The lowest BCUT2D eigenvalue weighted by Crippen LogP contribution is -2.13. The maximum atomic E-state index is 10.7. The largest absolute Gasteiger partial charge is 0.456 e. The quantitative estimate of drug-likeness (QED) is 0.555. The first-order chi connectivity index (χ1) is 7.20. The van der Waals surface area contributed by atoms with Gasteiger partial charge in [0.2, 0.25) is 5.78 Å². The predicted molar refractivity (Wildman–Crippen MR) is 57.1 cm³/mol. The third kappa shape index (κ3) is 4.22. The summed E-state index contributed by atoms with van der Waals surface area (Å²) in [6.45, 7) is 1.30. The second kappa shape index (κ2) is 5.75. The minimum absolute atomic E-state index is 0.118. The summed E-state index contributed by atoms with van der Waals surface area (Å²) in [5.41, 5.74) is 1.02. The van der Waals surface area contributed by atoms with E-state index in [2.05, 4.69) is 4.74 Å². The number of esters is 1. The van der Waals surface area contributed by atoms with Crippen LogP contribution in [-0.4, -0.2) is 18.4 Å². The summed E-state index contributed by atoms with van der Waals surface area (Å²) in [7, 11) is 0. The molecule has 3 nitrogen and oxygen atoms in total. The molecule has 0 radical (unpaired) electrons. The lowest BCUT2D eigenvalue weighted by Gasteiger charge is -1.96. The van der Waals surface area contributed by atoms with Crippen LogP contribution >= 0.6 is 0 Å². The van der Waals surface area contributed by atoms with Crippen LogP contribution in [0.2, 0.25) is 0 Å². The Morgan fingerprint density at radius 3 is 2.53 bits per heavy atom. The molecule has 0 N–H and O–H groups in total. The minimum Gasteiger partial charge on any atom is -0.456 e. The van der Waals surface area contributed by atoms with E-state index in [0.717, 1.165) is 5.56 Å². The Hall–Kier alpha value is -1.90. The van der Waals surface area contributed by atoms with Gasteiger partial charge in [-0.15, -0.1) is 0 Å². The van der Waals surface area contributed by atoms with Crippen molar-refractivity contribution in [2.24, 2.45) is 0 Å². The summed E-state index contributed by atoms with van der Waals surface area (Å²) in [6.07, 6.45) is 3.52. The molecule has 0 aliphatic carbocycles. The average molecular weight is 204 g/mol. The van der Waals surface area contributed by atoms with Gasteiger partial charge in [-0.3, -0.25) is 4.79 Å². The Morgan fingerprint density at radius 2 is 1.93 bits per heavy atom. The standard InChI is InChI=1S/C12H12O3/c1-10(13)12(14)15-9-5-8-11-6-3-2-4-7-11/h2-8H,9H2,1H3/b8-5+. The predicted octanol–water partition coefficient (Wildman–Crippen LogP) is 1.83. The fraction of sp³-hybridized carbons (Fsp3) is 0.167. The van der Waals surface area contributed by atoms with Crippen LogP contribution in [0, 0.1) is 0 Å². The van der Waals surface area contributed by atoms with E-state index in [-0.39, 0.29) is 6.61 Å². The summed E-state index contributed by atoms with van der Waals surface area (Å²) in [5.74, 6) is -1.38. The van der Waals surface area contributed by atoms with Crippen molar-refractivity contribution in [3.8, 4) is 0 Å². The van der Waals surface area contributed by atoms with Gasteiger partial charge in [0.1, 0.15) is 6.61 Å². The summed E-state index contributed by atoms with van der Waals surface area (Å²) in [5, 5.41) is 0. The summed E-state index contributed by atoms with van der Waals surface area (Å²) < 4.78 is 4.65. The molecule has 1 rings (SSSR count). The van der Waals surface area contributed by atoms with Crippen LogP contribution in [0.5, 0.6) is 0 Å². The Balaban J connectivity index is 2.35. The van der Waals surface area contributed by atoms with Crippen molar-refractivity contribution in [3.63, 3.8) is 0 Å². The highest BCUT2D eigenvalue weighted by Gasteiger charge is 2.06. The molecule has 15 heavy (non-hydrogen) atoms. The van der Waals surface area contributed by atoms with Crippen LogP contribution in [0.3, 0.4) is 0 Å². The number of carbonyl (C=O) groups is 2. The normalized spacial score (nSPS) is 10.2. The van der Waals surface area contributed by atoms with E-state index < -0.39 is 11.8 Å². The van der Waals surface area contributed by atoms with Gasteiger partial charge in [-0.2, -0.15) is 0 Å². The highest BCUT2D eigenvalue weighted by Crippen LogP contribution is 2.00. The summed E-state index contributed by atoms with van der Waals surface area (Å²) in [4.78, 5) is 21.3. The van der Waals surface area contributed by atoms with E-state index in [1.807, 2.05) is 36.4 Å². The molecule has 0 bridgehead atoms. The first-order valence-corrected chi connectivity index (χ1v) is 4.59. The van der Waals surface area contributed by atoms with Gasteiger partial charge in [0, 0.05) is 6.92 Å². The molecular weight excluding hydrogens is 192 g/mol. The monoisotopic (exact) mass is 204 g/mol. The zero-order chi connectivity index (χ0) is 11.1. The van der Waals surface area contributed by atoms with Crippen molar-refractivity contribution in [2.45, 2.75) is 6.92 Å². The fourth-order valence-corrected chi connectivity index (χ4v) is 0.974. The Bertz CT molecular complexity index is 366. The number of hydrogen-bond donors (Lipinski definition) is 0. The molecule has 1 aromatic carbocycles. The molecule has 0 aliphatic heterocycles. The van der Waals surface area contributed by atoms with E-state index in [0.29, 0.717) is 0 Å². The number of ketones is 1. The molecule has 0 unspecified atom stereocenters. The van der Waals surface area contributed by atoms with Crippen LogP contribution in [-0.2, 0) is 14.3 Å². The van der Waals surface area contributed by atoms with E-state index in [9.17, 15) is 9.59 Å². The molecule has 0 fully saturated rings. The number of carbonyl (C=O) groups excluding carboxylic acids is 2. The van der Waals surface area contributed by atoms with Crippen molar-refractivity contribution >= 4 is 17.8 Å². The molecule has 0 aromatic heterocycles. The van der Waals surface area contributed by atoms with E-state index >= 15 is 0 Å². The van der Waals surface area contributed by atoms with E-state index in [1.165, 1.54) is 6.92 Å². The number of benzene rings is 1. The van der Waals surface area contributed by atoms with Crippen LogP contribution in [0.1, 0.15) is 12.5 Å². The zero-order valence-electron chi connectivity index (χ0n) is 8.47. The number of hydrogen-bond acceptors (Lipinski definition) is 3. The topological polar surface area (TPSA) is 43.4 Å². The number of ether oxygens (including phenoxy) is 1. The van der Waals surface area contributed by atoms with E-state index in [4.69, 9.17) is 0 Å². The van der Waals surface area contributed by atoms with Crippen molar-refractivity contribution < 1.29 is 14.3 Å². The van der Waals surface area contributed by atoms with Crippen LogP contribution < -0.4 is 0 Å². The molecule has 0 heterocycles. The van der Waals surface area contributed by atoms with Gasteiger partial charge in [0.05, 0.1) is 0 Å². The number of rotatable bonds is 4. The molecule has 78 valence electrons. The Labute approximate surface area is 88.4 Å². The van der Waals surface area contributed by atoms with Crippen molar-refractivity contribution in [3.05, 3.63) is 42.0 Å². The first kappa shape index (κ1) is 11.2. The van der Waals surface area contributed by atoms with Gasteiger partial charge in [-0.1, -0.05) is 36.4 Å². The van der Waals surface area contributed by atoms with Gasteiger partial charge in [0.15, 0.2) is 0 Å². The Morgan fingerprint density at radius 1 is 1.27 bits per heavy atom. The third-order valence-corrected chi connectivity index (χ3v) is 1.71. The van der Waals surface area contributed by atoms with Crippen LogP contribution in [0.4, 0.5) is 0 Å². The van der Waals surface area contributed by atoms with Crippen LogP contribution in [0.25, 0.3) is 6.08 Å². The highest BCUT2D eigenvalue weighted by molar-refractivity contribution is 6.32. The third-order valence-electron chi connectivity index (χ3n) is 1.71. The molecule has 0 saturated heterocycles. The van der Waals surface area contributed by atoms with Gasteiger partial charge >= 0.3 is 5.97 Å². The molecule has 0 amide bonds. The maximum Gasteiger partial charge on any atom is 0.374 e. The molecular formula is C12H12O3. The molecule has 1 aromatic rings. The lowest BCUT2D eigenvalue weighted by atomic mass is 10.2. The lowest BCUT2D eigenvalue weighted by molar-refractivity contribution is -0.151. The maximum absolute atomic E-state index is 10.7. The fourth-order valence-electron chi connectivity index (χ4n) is 0.974. The second-order valence-corrected chi connectivity index (χ2v) is 2.97. The smallest absolute Gasteiger partial charge is 0.374 e.